The highest BCUT2D eigenvalue weighted by molar-refractivity contribution is 5.78. The zero-order valence-electron chi connectivity index (χ0n) is 12.0. The van der Waals surface area contributed by atoms with E-state index in [4.69, 9.17) is 5.11 Å². The SMILES string of the molecule is CC(NC(=O)CN(CCO)C(C)C)c1ccccc1. The lowest BCUT2D eigenvalue weighted by Crippen LogP contribution is -2.42. The Hall–Kier alpha value is -1.39. The highest BCUT2D eigenvalue weighted by Gasteiger charge is 2.15. The third-order valence-electron chi connectivity index (χ3n) is 3.14. The van der Waals surface area contributed by atoms with Gasteiger partial charge in [0.05, 0.1) is 19.2 Å². The summed E-state index contributed by atoms with van der Waals surface area (Å²) in [6, 6.07) is 10.1. The van der Waals surface area contributed by atoms with Crippen molar-refractivity contribution in [3.05, 3.63) is 35.9 Å². The molecular weight excluding hydrogens is 240 g/mol. The van der Waals surface area contributed by atoms with Crippen LogP contribution in [0.2, 0.25) is 0 Å². The largest absolute Gasteiger partial charge is 0.395 e. The van der Waals surface area contributed by atoms with Crippen LogP contribution in [0.1, 0.15) is 32.4 Å². The average Bonchev–Trinajstić information content (AvgIpc) is 2.39. The third-order valence-corrected chi connectivity index (χ3v) is 3.14. The van der Waals surface area contributed by atoms with Crippen molar-refractivity contribution in [3.63, 3.8) is 0 Å². The van der Waals surface area contributed by atoms with Crippen LogP contribution in [0.3, 0.4) is 0 Å². The minimum absolute atomic E-state index is 0.00293. The number of hydrogen-bond acceptors (Lipinski definition) is 3. The van der Waals surface area contributed by atoms with Crippen molar-refractivity contribution in [1.29, 1.82) is 0 Å². The summed E-state index contributed by atoms with van der Waals surface area (Å²) in [7, 11) is 0. The van der Waals surface area contributed by atoms with Gasteiger partial charge >= 0.3 is 0 Å². The maximum atomic E-state index is 12.0. The van der Waals surface area contributed by atoms with Gasteiger partial charge in [-0.05, 0) is 26.3 Å². The van der Waals surface area contributed by atoms with E-state index in [0.717, 1.165) is 5.56 Å². The van der Waals surface area contributed by atoms with E-state index in [1.807, 2.05) is 56.0 Å². The lowest BCUT2D eigenvalue weighted by Gasteiger charge is -2.25. The van der Waals surface area contributed by atoms with Gasteiger partial charge in [0, 0.05) is 12.6 Å². The van der Waals surface area contributed by atoms with Crippen LogP contribution in [0, 0.1) is 0 Å². The molecule has 2 N–H and O–H groups in total. The molecule has 1 unspecified atom stereocenters. The summed E-state index contributed by atoms with van der Waals surface area (Å²) in [6.45, 7) is 6.91. The summed E-state index contributed by atoms with van der Waals surface area (Å²) in [6.07, 6.45) is 0. The summed E-state index contributed by atoms with van der Waals surface area (Å²) < 4.78 is 0. The Morgan fingerprint density at radius 2 is 1.89 bits per heavy atom. The van der Waals surface area contributed by atoms with Crippen molar-refractivity contribution in [2.75, 3.05) is 19.7 Å². The molecule has 1 atom stereocenters. The molecule has 4 heteroatoms. The molecule has 0 bridgehead atoms. The van der Waals surface area contributed by atoms with Gasteiger partial charge in [0.25, 0.3) is 0 Å². The number of carbonyl (C=O) groups excluding carboxylic acids is 1. The highest BCUT2D eigenvalue weighted by atomic mass is 16.3. The summed E-state index contributed by atoms with van der Waals surface area (Å²) >= 11 is 0. The molecule has 0 aliphatic rings. The van der Waals surface area contributed by atoms with Gasteiger partial charge in [0.2, 0.25) is 5.91 Å². The number of nitrogens with one attached hydrogen (secondary N) is 1. The molecule has 0 aromatic heterocycles. The van der Waals surface area contributed by atoms with Gasteiger partial charge in [-0.1, -0.05) is 30.3 Å². The van der Waals surface area contributed by atoms with Gasteiger partial charge < -0.3 is 10.4 Å². The van der Waals surface area contributed by atoms with Gasteiger partial charge in [-0.15, -0.1) is 0 Å². The van der Waals surface area contributed by atoms with E-state index in [-0.39, 0.29) is 24.6 Å². The average molecular weight is 264 g/mol. The number of aliphatic hydroxyl groups is 1. The highest BCUT2D eigenvalue weighted by Crippen LogP contribution is 2.11. The summed E-state index contributed by atoms with van der Waals surface area (Å²) in [5.41, 5.74) is 1.09. The number of benzene rings is 1. The maximum Gasteiger partial charge on any atom is 0.234 e. The fraction of sp³-hybridized carbons (Fsp3) is 0.533. The molecule has 1 amide bonds. The molecule has 1 aromatic rings. The molecule has 0 fully saturated rings. The Balaban J connectivity index is 2.50. The van der Waals surface area contributed by atoms with Crippen LogP contribution in [0.4, 0.5) is 0 Å². The molecule has 1 aromatic carbocycles. The Kier molecular flexibility index (Phi) is 6.53. The van der Waals surface area contributed by atoms with Crippen LogP contribution in [-0.2, 0) is 4.79 Å². The zero-order valence-corrected chi connectivity index (χ0v) is 12.0. The van der Waals surface area contributed by atoms with Crippen molar-refractivity contribution in [2.45, 2.75) is 32.9 Å². The van der Waals surface area contributed by atoms with Crippen molar-refractivity contribution in [2.24, 2.45) is 0 Å². The van der Waals surface area contributed by atoms with Crippen LogP contribution >= 0.6 is 0 Å². The van der Waals surface area contributed by atoms with Gasteiger partial charge in [-0.3, -0.25) is 9.69 Å². The molecule has 19 heavy (non-hydrogen) atoms. The second-order valence-corrected chi connectivity index (χ2v) is 4.99. The smallest absolute Gasteiger partial charge is 0.234 e. The first kappa shape index (κ1) is 15.7. The van der Waals surface area contributed by atoms with Gasteiger partial charge in [-0.2, -0.15) is 0 Å². The molecular formula is C15H24N2O2. The lowest BCUT2D eigenvalue weighted by atomic mass is 10.1. The minimum atomic E-state index is -0.0153. The lowest BCUT2D eigenvalue weighted by molar-refractivity contribution is -0.123. The Morgan fingerprint density at radius 3 is 2.42 bits per heavy atom. The van der Waals surface area contributed by atoms with E-state index in [1.54, 1.807) is 0 Å². The normalized spacial score (nSPS) is 12.7. The molecule has 0 saturated carbocycles. The molecule has 0 spiro atoms. The van der Waals surface area contributed by atoms with E-state index in [1.165, 1.54) is 0 Å². The van der Waals surface area contributed by atoms with E-state index in [0.29, 0.717) is 13.1 Å². The van der Waals surface area contributed by atoms with Crippen LogP contribution in [0.5, 0.6) is 0 Å². The molecule has 1 rings (SSSR count). The van der Waals surface area contributed by atoms with Crippen LogP contribution < -0.4 is 5.32 Å². The number of hydrogen-bond donors (Lipinski definition) is 2. The van der Waals surface area contributed by atoms with Gasteiger partial charge in [0.1, 0.15) is 0 Å². The fourth-order valence-electron chi connectivity index (χ4n) is 1.94. The second kappa shape index (κ2) is 7.92. The topological polar surface area (TPSA) is 52.6 Å². The first-order valence-electron chi connectivity index (χ1n) is 6.73. The number of carbonyl (C=O) groups is 1. The minimum Gasteiger partial charge on any atom is -0.395 e. The quantitative estimate of drug-likeness (QED) is 0.786. The van der Waals surface area contributed by atoms with Crippen LogP contribution in [-0.4, -0.2) is 41.7 Å². The third kappa shape index (κ3) is 5.41. The summed E-state index contributed by atoms with van der Waals surface area (Å²) in [5, 5.41) is 12.0. The monoisotopic (exact) mass is 264 g/mol. The molecule has 106 valence electrons. The fourth-order valence-corrected chi connectivity index (χ4v) is 1.94. The van der Waals surface area contributed by atoms with Crippen LogP contribution in [0.15, 0.2) is 30.3 Å². The standard InChI is InChI=1S/C15H24N2O2/c1-12(2)17(9-10-18)11-15(19)16-13(3)14-7-5-4-6-8-14/h4-8,12-13,18H,9-11H2,1-3H3,(H,16,19). The first-order chi connectivity index (χ1) is 9.04. The Labute approximate surface area is 115 Å². The van der Waals surface area contributed by atoms with Crippen molar-refractivity contribution >= 4 is 5.91 Å². The van der Waals surface area contributed by atoms with Gasteiger partial charge in [-0.25, -0.2) is 0 Å². The zero-order chi connectivity index (χ0) is 14.3. The van der Waals surface area contributed by atoms with E-state index in [9.17, 15) is 4.79 Å². The Bertz CT molecular complexity index is 379. The number of aliphatic hydroxyl groups excluding tert-OH is 1. The molecule has 0 saturated heterocycles. The maximum absolute atomic E-state index is 12.0. The second-order valence-electron chi connectivity index (χ2n) is 4.99. The van der Waals surface area contributed by atoms with E-state index < -0.39 is 0 Å². The Morgan fingerprint density at radius 1 is 1.26 bits per heavy atom. The number of rotatable bonds is 7. The van der Waals surface area contributed by atoms with Crippen LogP contribution in [0.25, 0.3) is 0 Å². The molecule has 0 aliphatic carbocycles. The van der Waals surface area contributed by atoms with Crippen molar-refractivity contribution in [3.8, 4) is 0 Å². The summed E-state index contributed by atoms with van der Waals surface area (Å²) in [4.78, 5) is 13.9. The van der Waals surface area contributed by atoms with Crippen molar-refractivity contribution in [1.82, 2.24) is 10.2 Å². The van der Waals surface area contributed by atoms with E-state index >= 15 is 0 Å². The molecule has 0 aliphatic heterocycles. The molecule has 0 heterocycles. The van der Waals surface area contributed by atoms with E-state index in [2.05, 4.69) is 5.32 Å². The predicted molar refractivity (Wildman–Crippen MR) is 76.8 cm³/mol. The van der Waals surface area contributed by atoms with Crippen molar-refractivity contribution < 1.29 is 9.90 Å². The molecule has 4 nitrogen and oxygen atoms in total. The first-order valence-corrected chi connectivity index (χ1v) is 6.73. The molecule has 0 radical (unpaired) electrons. The number of nitrogens with zero attached hydrogens (tertiary/aromatic N) is 1. The predicted octanol–water partition coefficient (Wildman–Crippen LogP) is 1.57. The summed E-state index contributed by atoms with van der Waals surface area (Å²) in [5.74, 6) is -0.0153. The number of amides is 1. The van der Waals surface area contributed by atoms with Gasteiger partial charge in [0.15, 0.2) is 0 Å².